The van der Waals surface area contributed by atoms with Crippen molar-refractivity contribution in [1.29, 1.82) is 0 Å². The average molecular weight is 339 g/mol. The van der Waals surface area contributed by atoms with Gasteiger partial charge in [-0.1, -0.05) is 13.0 Å². The van der Waals surface area contributed by atoms with Gasteiger partial charge in [0.1, 0.15) is 17.7 Å². The standard InChI is InChI=1S/C18H27F2N3O/c1-4-10-23-11-8-13(9-12-23)21-18(24)17(22(2)3)16-14(19)6-5-7-15(16)20/h5-7,13,17H,4,8-12H2,1-3H3,(H,21,24)/t17-/m1/s1. The van der Waals surface area contributed by atoms with Gasteiger partial charge in [-0.15, -0.1) is 0 Å². The molecule has 6 heteroatoms. The molecule has 0 bridgehead atoms. The summed E-state index contributed by atoms with van der Waals surface area (Å²) in [5.74, 6) is -1.74. The van der Waals surface area contributed by atoms with Crippen molar-refractivity contribution in [3.63, 3.8) is 0 Å². The van der Waals surface area contributed by atoms with E-state index in [4.69, 9.17) is 0 Å². The summed E-state index contributed by atoms with van der Waals surface area (Å²) in [4.78, 5) is 16.6. The molecule has 1 atom stereocenters. The van der Waals surface area contributed by atoms with Gasteiger partial charge in [0.15, 0.2) is 0 Å². The number of halogens is 2. The van der Waals surface area contributed by atoms with Gasteiger partial charge in [-0.05, 0) is 52.0 Å². The van der Waals surface area contributed by atoms with Crippen LogP contribution in [0.2, 0.25) is 0 Å². The molecule has 4 nitrogen and oxygen atoms in total. The van der Waals surface area contributed by atoms with Crippen LogP contribution in [0.1, 0.15) is 37.8 Å². The molecule has 1 aromatic rings. The molecule has 1 fully saturated rings. The van der Waals surface area contributed by atoms with Crippen molar-refractivity contribution in [3.8, 4) is 0 Å². The summed E-state index contributed by atoms with van der Waals surface area (Å²) in [6.07, 6.45) is 2.85. The quantitative estimate of drug-likeness (QED) is 0.865. The van der Waals surface area contributed by atoms with Crippen molar-refractivity contribution in [3.05, 3.63) is 35.4 Å². The Balaban J connectivity index is 2.06. The summed E-state index contributed by atoms with van der Waals surface area (Å²) in [7, 11) is 3.31. The summed E-state index contributed by atoms with van der Waals surface area (Å²) in [6, 6.07) is 2.77. The van der Waals surface area contributed by atoms with Gasteiger partial charge in [0, 0.05) is 19.1 Å². The van der Waals surface area contributed by atoms with E-state index in [-0.39, 0.29) is 17.5 Å². The molecule has 0 aliphatic carbocycles. The Morgan fingerprint density at radius 3 is 2.38 bits per heavy atom. The maximum Gasteiger partial charge on any atom is 0.242 e. The summed E-state index contributed by atoms with van der Waals surface area (Å²) in [5.41, 5.74) is -0.191. The van der Waals surface area contributed by atoms with Crippen molar-refractivity contribution in [2.75, 3.05) is 33.7 Å². The molecule has 0 radical (unpaired) electrons. The number of likely N-dealkylation sites (tertiary alicyclic amines) is 1. The predicted molar refractivity (Wildman–Crippen MR) is 90.7 cm³/mol. The smallest absolute Gasteiger partial charge is 0.242 e. The lowest BCUT2D eigenvalue weighted by molar-refractivity contribution is -0.127. The number of carbonyl (C=O) groups excluding carboxylic acids is 1. The Morgan fingerprint density at radius 2 is 1.88 bits per heavy atom. The van der Waals surface area contributed by atoms with Crippen LogP contribution in [0, 0.1) is 11.6 Å². The predicted octanol–water partition coefficient (Wildman–Crippen LogP) is 2.56. The number of hydrogen-bond donors (Lipinski definition) is 1. The van der Waals surface area contributed by atoms with E-state index in [1.54, 1.807) is 19.0 Å². The van der Waals surface area contributed by atoms with Crippen LogP contribution < -0.4 is 5.32 Å². The summed E-state index contributed by atoms with van der Waals surface area (Å²) < 4.78 is 28.2. The number of nitrogens with zero attached hydrogens (tertiary/aromatic N) is 2. The topological polar surface area (TPSA) is 35.6 Å². The summed E-state index contributed by atoms with van der Waals surface area (Å²) in [5, 5.41) is 2.98. The van der Waals surface area contributed by atoms with Gasteiger partial charge in [0.25, 0.3) is 0 Å². The third-order valence-electron chi connectivity index (χ3n) is 4.51. The molecule has 24 heavy (non-hydrogen) atoms. The van der Waals surface area contributed by atoms with Crippen molar-refractivity contribution < 1.29 is 13.6 Å². The zero-order valence-electron chi connectivity index (χ0n) is 14.7. The average Bonchev–Trinajstić information content (AvgIpc) is 2.52. The fourth-order valence-electron chi connectivity index (χ4n) is 3.29. The maximum absolute atomic E-state index is 14.1. The minimum Gasteiger partial charge on any atom is -0.352 e. The monoisotopic (exact) mass is 339 g/mol. The highest BCUT2D eigenvalue weighted by Crippen LogP contribution is 2.25. The minimum atomic E-state index is -0.972. The lowest BCUT2D eigenvalue weighted by Crippen LogP contribution is -2.48. The van der Waals surface area contributed by atoms with Gasteiger partial charge in [0.05, 0.1) is 5.56 Å². The van der Waals surface area contributed by atoms with Crippen molar-refractivity contribution in [2.24, 2.45) is 0 Å². The van der Waals surface area contributed by atoms with Gasteiger partial charge in [-0.25, -0.2) is 8.78 Å². The molecule has 1 aliphatic heterocycles. The molecule has 134 valence electrons. The highest BCUT2D eigenvalue weighted by Gasteiger charge is 2.31. The molecular weight excluding hydrogens is 312 g/mol. The number of benzene rings is 1. The van der Waals surface area contributed by atoms with E-state index in [0.29, 0.717) is 0 Å². The number of nitrogens with one attached hydrogen (secondary N) is 1. The lowest BCUT2D eigenvalue weighted by Gasteiger charge is -2.33. The van der Waals surface area contributed by atoms with E-state index in [1.165, 1.54) is 18.2 Å². The highest BCUT2D eigenvalue weighted by molar-refractivity contribution is 5.83. The van der Waals surface area contributed by atoms with Crippen LogP contribution in [0.5, 0.6) is 0 Å². The molecule has 1 N–H and O–H groups in total. The van der Waals surface area contributed by atoms with E-state index in [2.05, 4.69) is 17.1 Å². The van der Waals surface area contributed by atoms with Crippen molar-refractivity contribution in [2.45, 2.75) is 38.3 Å². The molecule has 1 aliphatic rings. The van der Waals surface area contributed by atoms with Crippen LogP contribution in [-0.4, -0.2) is 55.5 Å². The normalized spacial score (nSPS) is 17.9. The first-order chi connectivity index (χ1) is 11.4. The van der Waals surface area contributed by atoms with Gasteiger partial charge < -0.3 is 10.2 Å². The zero-order chi connectivity index (χ0) is 17.7. The van der Waals surface area contributed by atoms with Crippen LogP contribution in [0.15, 0.2) is 18.2 Å². The third-order valence-corrected chi connectivity index (χ3v) is 4.51. The number of carbonyl (C=O) groups is 1. The second-order valence-corrected chi connectivity index (χ2v) is 6.63. The summed E-state index contributed by atoms with van der Waals surface area (Å²) >= 11 is 0. The molecule has 0 spiro atoms. The van der Waals surface area contributed by atoms with E-state index in [0.717, 1.165) is 38.9 Å². The van der Waals surface area contributed by atoms with Crippen LogP contribution in [-0.2, 0) is 4.79 Å². The fraction of sp³-hybridized carbons (Fsp3) is 0.611. The van der Waals surface area contributed by atoms with E-state index in [9.17, 15) is 13.6 Å². The van der Waals surface area contributed by atoms with Crippen LogP contribution in [0.25, 0.3) is 0 Å². The van der Waals surface area contributed by atoms with Crippen molar-refractivity contribution >= 4 is 5.91 Å². The first-order valence-electron chi connectivity index (χ1n) is 8.57. The number of hydrogen-bond acceptors (Lipinski definition) is 3. The van der Waals surface area contributed by atoms with Crippen LogP contribution >= 0.6 is 0 Å². The van der Waals surface area contributed by atoms with Crippen LogP contribution in [0.4, 0.5) is 8.78 Å². The van der Waals surface area contributed by atoms with E-state index >= 15 is 0 Å². The molecule has 2 rings (SSSR count). The Bertz CT molecular complexity index is 537. The Hall–Kier alpha value is -1.53. The molecular formula is C18H27F2N3O. The first kappa shape index (κ1) is 18.8. The zero-order valence-corrected chi connectivity index (χ0v) is 14.7. The van der Waals surface area contributed by atoms with Gasteiger partial charge >= 0.3 is 0 Å². The summed E-state index contributed by atoms with van der Waals surface area (Å²) in [6.45, 7) is 5.11. The fourth-order valence-corrected chi connectivity index (χ4v) is 3.29. The largest absolute Gasteiger partial charge is 0.352 e. The highest BCUT2D eigenvalue weighted by atomic mass is 19.1. The number of amides is 1. The van der Waals surface area contributed by atoms with Crippen molar-refractivity contribution in [1.82, 2.24) is 15.1 Å². The Labute approximate surface area is 142 Å². The third kappa shape index (κ3) is 4.51. The number of piperidine rings is 1. The Morgan fingerprint density at radius 1 is 1.29 bits per heavy atom. The Kier molecular flexibility index (Phi) is 6.69. The van der Waals surface area contributed by atoms with Gasteiger partial charge in [0.2, 0.25) is 5.91 Å². The second-order valence-electron chi connectivity index (χ2n) is 6.63. The second kappa shape index (κ2) is 8.53. The molecule has 1 aromatic carbocycles. The maximum atomic E-state index is 14.1. The number of rotatable bonds is 6. The minimum absolute atomic E-state index is 0.0582. The van der Waals surface area contributed by atoms with E-state index < -0.39 is 17.7 Å². The molecule has 0 unspecified atom stereocenters. The molecule has 1 saturated heterocycles. The van der Waals surface area contributed by atoms with E-state index in [1.807, 2.05) is 0 Å². The molecule has 1 heterocycles. The number of likely N-dealkylation sites (N-methyl/N-ethyl adjacent to an activating group) is 1. The molecule has 0 saturated carbocycles. The SMILES string of the molecule is CCCN1CCC(NC(=O)[C@@H](c2c(F)cccc2F)N(C)C)CC1. The molecule has 1 amide bonds. The van der Waals surface area contributed by atoms with Gasteiger partial charge in [-0.3, -0.25) is 9.69 Å². The lowest BCUT2D eigenvalue weighted by atomic mass is 10.0. The first-order valence-corrected chi connectivity index (χ1v) is 8.57. The molecule has 0 aromatic heterocycles. The van der Waals surface area contributed by atoms with Crippen LogP contribution in [0.3, 0.4) is 0 Å². The van der Waals surface area contributed by atoms with Gasteiger partial charge in [-0.2, -0.15) is 0 Å².